The summed E-state index contributed by atoms with van der Waals surface area (Å²) in [6, 6.07) is 2.41. The predicted molar refractivity (Wildman–Crippen MR) is 74.1 cm³/mol. The number of aliphatic hydroxyl groups excluding tert-OH is 1. The van der Waals surface area contributed by atoms with Gasteiger partial charge in [0.1, 0.15) is 0 Å². The van der Waals surface area contributed by atoms with Crippen LogP contribution < -0.4 is 4.72 Å². The van der Waals surface area contributed by atoms with Crippen LogP contribution in [0.25, 0.3) is 0 Å². The maximum atomic E-state index is 12.1. The Balaban J connectivity index is 3.07. The fourth-order valence-corrected chi connectivity index (χ4v) is 3.12. The van der Waals surface area contributed by atoms with Crippen molar-refractivity contribution >= 4 is 15.7 Å². The van der Waals surface area contributed by atoms with Gasteiger partial charge in [-0.2, -0.15) is 0 Å². The van der Waals surface area contributed by atoms with Gasteiger partial charge in [0.2, 0.25) is 10.0 Å². The zero-order chi connectivity index (χ0) is 15.3. The molecular weight excluding hydrogens is 284 g/mol. The Morgan fingerprint density at radius 1 is 1.30 bits per heavy atom. The standard InChI is InChI=1S/C12H18N2O5S/c1-9-7-11(14(16)17)8-12(10(9)2)20(18,19)13-5-3-4-6-15/h7-8,13,15H,3-6H2,1-2H3. The third-order valence-electron chi connectivity index (χ3n) is 2.98. The van der Waals surface area contributed by atoms with Gasteiger partial charge in [-0.15, -0.1) is 0 Å². The lowest BCUT2D eigenvalue weighted by Gasteiger charge is -2.11. The van der Waals surface area contributed by atoms with Crippen LogP contribution in [0.1, 0.15) is 24.0 Å². The molecule has 0 saturated heterocycles. The average molecular weight is 302 g/mol. The molecule has 7 nitrogen and oxygen atoms in total. The van der Waals surface area contributed by atoms with E-state index >= 15 is 0 Å². The van der Waals surface area contributed by atoms with Crippen LogP contribution in [0, 0.1) is 24.0 Å². The van der Waals surface area contributed by atoms with E-state index < -0.39 is 14.9 Å². The number of nitrogens with zero attached hydrogens (tertiary/aromatic N) is 1. The molecule has 0 bridgehead atoms. The summed E-state index contributed by atoms with van der Waals surface area (Å²) in [5.41, 5.74) is 0.795. The number of nitro benzene ring substituents is 1. The van der Waals surface area contributed by atoms with Crippen LogP contribution in [0.3, 0.4) is 0 Å². The Kier molecular flexibility index (Phi) is 5.61. The quantitative estimate of drug-likeness (QED) is 0.447. The number of unbranched alkanes of at least 4 members (excludes halogenated alkanes) is 1. The van der Waals surface area contributed by atoms with Crippen LogP contribution in [0.5, 0.6) is 0 Å². The van der Waals surface area contributed by atoms with Crippen LogP contribution >= 0.6 is 0 Å². The number of hydrogen-bond donors (Lipinski definition) is 2. The summed E-state index contributed by atoms with van der Waals surface area (Å²) in [5.74, 6) is 0. The third kappa shape index (κ3) is 3.99. The summed E-state index contributed by atoms with van der Waals surface area (Å²) in [5, 5.41) is 19.4. The molecule has 0 unspecified atom stereocenters. The maximum absolute atomic E-state index is 12.1. The molecule has 0 aliphatic heterocycles. The van der Waals surface area contributed by atoms with Crippen LogP contribution in [0.2, 0.25) is 0 Å². The van der Waals surface area contributed by atoms with Crippen LogP contribution in [-0.4, -0.2) is 31.6 Å². The molecule has 0 aromatic heterocycles. The largest absolute Gasteiger partial charge is 0.396 e. The Morgan fingerprint density at radius 3 is 2.50 bits per heavy atom. The lowest BCUT2D eigenvalue weighted by molar-refractivity contribution is -0.385. The molecule has 0 atom stereocenters. The topological polar surface area (TPSA) is 110 Å². The average Bonchev–Trinajstić information content (AvgIpc) is 2.37. The molecule has 2 N–H and O–H groups in total. The van der Waals surface area contributed by atoms with Crippen LogP contribution in [0.4, 0.5) is 5.69 Å². The number of nitrogens with one attached hydrogen (secondary N) is 1. The normalized spacial score (nSPS) is 11.6. The first kappa shape index (κ1) is 16.5. The summed E-state index contributed by atoms with van der Waals surface area (Å²) >= 11 is 0. The number of nitro groups is 1. The van der Waals surface area contributed by atoms with Gasteiger partial charge in [0, 0.05) is 25.3 Å². The molecule has 0 saturated carbocycles. The molecule has 8 heteroatoms. The maximum Gasteiger partial charge on any atom is 0.271 e. The molecule has 1 aromatic carbocycles. The number of rotatable bonds is 7. The van der Waals surface area contributed by atoms with E-state index in [-0.39, 0.29) is 23.7 Å². The fraction of sp³-hybridized carbons (Fsp3) is 0.500. The molecule has 0 aliphatic carbocycles. The monoisotopic (exact) mass is 302 g/mol. The zero-order valence-electron chi connectivity index (χ0n) is 11.4. The molecule has 0 fully saturated rings. The summed E-state index contributed by atoms with van der Waals surface area (Å²) < 4.78 is 26.7. The van der Waals surface area contributed by atoms with Gasteiger partial charge < -0.3 is 5.11 Å². The van der Waals surface area contributed by atoms with E-state index in [9.17, 15) is 18.5 Å². The minimum absolute atomic E-state index is 0.00330. The molecule has 1 aromatic rings. The molecule has 0 amide bonds. The lowest BCUT2D eigenvalue weighted by atomic mass is 10.1. The highest BCUT2D eigenvalue weighted by molar-refractivity contribution is 7.89. The lowest BCUT2D eigenvalue weighted by Crippen LogP contribution is -2.26. The minimum Gasteiger partial charge on any atom is -0.396 e. The Labute approximate surface area is 117 Å². The van der Waals surface area contributed by atoms with Gasteiger partial charge in [-0.25, -0.2) is 13.1 Å². The van der Waals surface area contributed by atoms with Crippen molar-refractivity contribution in [3.8, 4) is 0 Å². The van der Waals surface area contributed by atoms with E-state index in [1.807, 2.05) is 0 Å². The molecule has 112 valence electrons. The number of non-ortho nitro benzene ring substituents is 1. The van der Waals surface area contributed by atoms with Crippen molar-refractivity contribution in [2.24, 2.45) is 0 Å². The first-order valence-corrected chi connectivity index (χ1v) is 7.64. The summed E-state index contributed by atoms with van der Waals surface area (Å²) in [6.45, 7) is 3.43. The number of sulfonamides is 1. The van der Waals surface area contributed by atoms with Crippen molar-refractivity contribution < 1.29 is 18.4 Å². The van der Waals surface area contributed by atoms with E-state index in [4.69, 9.17) is 5.11 Å². The molecule has 1 rings (SSSR count). The second kappa shape index (κ2) is 6.78. The van der Waals surface area contributed by atoms with E-state index in [0.717, 1.165) is 6.07 Å². The van der Waals surface area contributed by atoms with Crippen molar-refractivity contribution in [3.05, 3.63) is 33.4 Å². The highest BCUT2D eigenvalue weighted by Gasteiger charge is 2.21. The van der Waals surface area contributed by atoms with Gasteiger partial charge in [-0.05, 0) is 37.8 Å². The van der Waals surface area contributed by atoms with Crippen molar-refractivity contribution in [1.82, 2.24) is 4.72 Å². The second-order valence-electron chi connectivity index (χ2n) is 4.47. The Hall–Kier alpha value is -1.51. The van der Waals surface area contributed by atoms with Crippen LogP contribution in [-0.2, 0) is 10.0 Å². The van der Waals surface area contributed by atoms with Gasteiger partial charge in [-0.1, -0.05) is 0 Å². The highest BCUT2D eigenvalue weighted by Crippen LogP contribution is 2.25. The predicted octanol–water partition coefficient (Wildman–Crippen LogP) is 1.26. The van der Waals surface area contributed by atoms with Crippen molar-refractivity contribution in [3.63, 3.8) is 0 Å². The minimum atomic E-state index is -3.79. The van der Waals surface area contributed by atoms with Gasteiger partial charge in [0.25, 0.3) is 5.69 Å². The third-order valence-corrected chi connectivity index (χ3v) is 4.57. The molecule has 0 aliphatic rings. The summed E-state index contributed by atoms with van der Waals surface area (Å²) in [7, 11) is -3.79. The van der Waals surface area contributed by atoms with E-state index in [2.05, 4.69) is 4.72 Å². The number of benzene rings is 1. The fourth-order valence-electron chi connectivity index (χ4n) is 1.71. The highest BCUT2D eigenvalue weighted by atomic mass is 32.2. The van der Waals surface area contributed by atoms with Crippen molar-refractivity contribution in [2.45, 2.75) is 31.6 Å². The smallest absolute Gasteiger partial charge is 0.271 e. The van der Waals surface area contributed by atoms with Gasteiger partial charge >= 0.3 is 0 Å². The summed E-state index contributed by atoms with van der Waals surface area (Å²) in [6.07, 6.45) is 0.998. The van der Waals surface area contributed by atoms with Crippen LogP contribution in [0.15, 0.2) is 17.0 Å². The van der Waals surface area contributed by atoms with Crippen molar-refractivity contribution in [2.75, 3.05) is 13.2 Å². The van der Waals surface area contributed by atoms with Gasteiger partial charge in [0.15, 0.2) is 0 Å². The SMILES string of the molecule is Cc1cc([N+](=O)[O-])cc(S(=O)(=O)NCCCCO)c1C. The Bertz CT molecular complexity index is 598. The first-order valence-electron chi connectivity index (χ1n) is 6.15. The first-order chi connectivity index (χ1) is 9.29. The van der Waals surface area contributed by atoms with E-state index in [1.165, 1.54) is 6.07 Å². The second-order valence-corrected chi connectivity index (χ2v) is 6.21. The van der Waals surface area contributed by atoms with E-state index in [0.29, 0.717) is 24.0 Å². The molecule has 0 spiro atoms. The Morgan fingerprint density at radius 2 is 1.95 bits per heavy atom. The molecular formula is C12H18N2O5S. The summed E-state index contributed by atoms with van der Waals surface area (Å²) in [4.78, 5) is 10.1. The van der Waals surface area contributed by atoms with Gasteiger partial charge in [0.05, 0.1) is 9.82 Å². The molecule has 0 radical (unpaired) electrons. The molecule has 20 heavy (non-hydrogen) atoms. The molecule has 0 heterocycles. The zero-order valence-corrected chi connectivity index (χ0v) is 12.2. The number of aliphatic hydroxyl groups is 1. The van der Waals surface area contributed by atoms with Crippen molar-refractivity contribution in [1.29, 1.82) is 0 Å². The van der Waals surface area contributed by atoms with E-state index in [1.54, 1.807) is 13.8 Å². The van der Waals surface area contributed by atoms with Gasteiger partial charge in [-0.3, -0.25) is 10.1 Å². The number of aryl methyl sites for hydroxylation is 1. The number of hydrogen-bond acceptors (Lipinski definition) is 5.